The van der Waals surface area contributed by atoms with Gasteiger partial charge in [0.2, 0.25) is 0 Å². The van der Waals surface area contributed by atoms with Crippen molar-refractivity contribution in [2.24, 2.45) is 0 Å². The number of benzene rings is 1. The van der Waals surface area contributed by atoms with Crippen LogP contribution >= 0.6 is 0 Å². The van der Waals surface area contributed by atoms with Crippen LogP contribution in [-0.4, -0.2) is 37.9 Å². The van der Waals surface area contributed by atoms with Crippen LogP contribution in [0.25, 0.3) is 38.6 Å². The lowest BCUT2D eigenvalue weighted by Crippen LogP contribution is -2.06. The number of H-pyrrole nitrogens is 1. The molecule has 0 bridgehead atoms. The number of aromatic nitrogens is 5. The number of nitrogens with one attached hydrogen (secondary N) is 1. The number of hydrogen-bond donors (Lipinski definition) is 1. The Balaban J connectivity index is 1.58. The van der Waals surface area contributed by atoms with Gasteiger partial charge in [0.1, 0.15) is 0 Å². The number of aromatic amines is 1. The zero-order valence-electron chi connectivity index (χ0n) is 17.0. The van der Waals surface area contributed by atoms with Gasteiger partial charge in [0.05, 0.1) is 41.8 Å². The highest BCUT2D eigenvalue weighted by Gasteiger charge is 2.17. The standard InChI is InChI=1S/C25H21N5O/c1-4-19(21-15-27-29-22(21)5-1)23-13-24-20(25(28-23)18-7-11-31-12-8-18)6-10-30(24)16-17-3-2-9-26-14-17/h1-7,9-10,13-15H,8,11-12,16H2,(H,27,29). The maximum atomic E-state index is 5.55. The minimum atomic E-state index is 0.635. The summed E-state index contributed by atoms with van der Waals surface area (Å²) in [5, 5.41) is 9.54. The maximum absolute atomic E-state index is 5.55. The topological polar surface area (TPSA) is 68.6 Å². The van der Waals surface area contributed by atoms with E-state index in [2.05, 4.69) is 56.3 Å². The van der Waals surface area contributed by atoms with E-state index in [-0.39, 0.29) is 0 Å². The van der Waals surface area contributed by atoms with Crippen molar-refractivity contribution in [2.75, 3.05) is 13.2 Å². The van der Waals surface area contributed by atoms with E-state index in [1.54, 1.807) is 6.20 Å². The van der Waals surface area contributed by atoms with Crippen molar-refractivity contribution in [1.82, 2.24) is 24.7 Å². The lowest BCUT2D eigenvalue weighted by molar-refractivity contribution is 0.161. The fourth-order valence-corrected chi connectivity index (χ4v) is 4.33. The highest BCUT2D eigenvalue weighted by molar-refractivity contribution is 5.98. The summed E-state index contributed by atoms with van der Waals surface area (Å²) in [6.45, 7) is 2.13. The van der Waals surface area contributed by atoms with Crippen molar-refractivity contribution in [3.05, 3.63) is 84.6 Å². The Morgan fingerprint density at radius 1 is 1.06 bits per heavy atom. The summed E-state index contributed by atoms with van der Waals surface area (Å²) in [5.41, 5.74) is 7.66. The first kappa shape index (κ1) is 18.0. The summed E-state index contributed by atoms with van der Waals surface area (Å²) in [5.74, 6) is 0. The van der Waals surface area contributed by atoms with Gasteiger partial charge in [0, 0.05) is 41.5 Å². The van der Waals surface area contributed by atoms with Crippen LogP contribution in [0.3, 0.4) is 0 Å². The molecule has 0 atom stereocenters. The molecule has 4 aromatic heterocycles. The van der Waals surface area contributed by atoms with Gasteiger partial charge in [-0.25, -0.2) is 4.98 Å². The first-order chi connectivity index (χ1) is 15.4. The van der Waals surface area contributed by atoms with Crippen LogP contribution in [0.4, 0.5) is 0 Å². The van der Waals surface area contributed by atoms with E-state index < -0.39 is 0 Å². The molecule has 6 nitrogen and oxygen atoms in total. The summed E-state index contributed by atoms with van der Waals surface area (Å²) >= 11 is 0. The van der Waals surface area contributed by atoms with Crippen LogP contribution in [0.1, 0.15) is 17.7 Å². The van der Waals surface area contributed by atoms with Crippen molar-refractivity contribution in [1.29, 1.82) is 0 Å². The van der Waals surface area contributed by atoms with Crippen LogP contribution in [0.15, 0.2) is 73.3 Å². The van der Waals surface area contributed by atoms with Crippen LogP contribution in [0, 0.1) is 0 Å². The summed E-state index contributed by atoms with van der Waals surface area (Å²) < 4.78 is 7.83. The number of pyridine rings is 2. The van der Waals surface area contributed by atoms with Crippen molar-refractivity contribution < 1.29 is 4.74 Å². The number of fused-ring (bicyclic) bond motifs is 2. The number of rotatable bonds is 4. The molecule has 0 aliphatic carbocycles. The molecular weight excluding hydrogens is 386 g/mol. The van der Waals surface area contributed by atoms with E-state index in [9.17, 15) is 0 Å². The Labute approximate surface area is 179 Å². The second-order valence-electron chi connectivity index (χ2n) is 7.78. The zero-order valence-corrected chi connectivity index (χ0v) is 17.0. The smallest absolute Gasteiger partial charge is 0.0761 e. The molecule has 0 unspecified atom stereocenters. The van der Waals surface area contributed by atoms with E-state index in [4.69, 9.17) is 9.72 Å². The Hall–Kier alpha value is -3.77. The largest absolute Gasteiger partial charge is 0.377 e. The quantitative estimate of drug-likeness (QED) is 0.463. The zero-order chi connectivity index (χ0) is 20.6. The molecule has 31 heavy (non-hydrogen) atoms. The highest BCUT2D eigenvalue weighted by Crippen LogP contribution is 2.34. The molecule has 5 heterocycles. The average Bonchev–Trinajstić information content (AvgIpc) is 3.47. The second kappa shape index (κ2) is 7.49. The maximum Gasteiger partial charge on any atom is 0.0761 e. The first-order valence-corrected chi connectivity index (χ1v) is 10.5. The molecule has 1 aliphatic heterocycles. The van der Waals surface area contributed by atoms with Gasteiger partial charge in [-0.3, -0.25) is 10.1 Å². The van der Waals surface area contributed by atoms with E-state index in [1.165, 1.54) is 16.5 Å². The Kier molecular flexibility index (Phi) is 4.35. The summed E-state index contributed by atoms with van der Waals surface area (Å²) in [4.78, 5) is 9.42. The van der Waals surface area contributed by atoms with Gasteiger partial charge in [-0.05, 0) is 41.8 Å². The molecule has 152 valence electrons. The van der Waals surface area contributed by atoms with Crippen molar-refractivity contribution in [3.63, 3.8) is 0 Å². The highest BCUT2D eigenvalue weighted by atomic mass is 16.5. The molecular formula is C25H21N5O. The molecule has 0 fully saturated rings. The molecule has 0 spiro atoms. The third-order valence-corrected chi connectivity index (χ3v) is 5.87. The molecule has 1 aromatic carbocycles. The van der Waals surface area contributed by atoms with Crippen LogP contribution in [0.2, 0.25) is 0 Å². The van der Waals surface area contributed by atoms with Gasteiger partial charge in [-0.15, -0.1) is 0 Å². The molecule has 0 saturated carbocycles. The van der Waals surface area contributed by atoms with Gasteiger partial charge < -0.3 is 9.30 Å². The van der Waals surface area contributed by atoms with Gasteiger partial charge in [0.25, 0.3) is 0 Å². The molecule has 1 aliphatic rings. The Morgan fingerprint density at radius 2 is 2.06 bits per heavy atom. The number of ether oxygens (including phenoxy) is 1. The third-order valence-electron chi connectivity index (χ3n) is 5.87. The molecule has 6 rings (SSSR count). The molecule has 0 radical (unpaired) electrons. The summed E-state index contributed by atoms with van der Waals surface area (Å²) in [7, 11) is 0. The molecule has 0 saturated heterocycles. The average molecular weight is 407 g/mol. The third kappa shape index (κ3) is 3.21. The Morgan fingerprint density at radius 3 is 2.94 bits per heavy atom. The Bertz CT molecular complexity index is 1410. The molecule has 1 N–H and O–H groups in total. The lowest BCUT2D eigenvalue weighted by Gasteiger charge is -2.16. The minimum absolute atomic E-state index is 0.635. The van der Waals surface area contributed by atoms with Crippen LogP contribution in [-0.2, 0) is 11.3 Å². The van der Waals surface area contributed by atoms with E-state index >= 15 is 0 Å². The van der Waals surface area contributed by atoms with E-state index in [0.29, 0.717) is 6.61 Å². The van der Waals surface area contributed by atoms with Crippen molar-refractivity contribution in [2.45, 2.75) is 13.0 Å². The van der Waals surface area contributed by atoms with E-state index in [1.807, 2.05) is 30.6 Å². The summed E-state index contributed by atoms with van der Waals surface area (Å²) in [6.07, 6.45) is 10.8. The van der Waals surface area contributed by atoms with Crippen molar-refractivity contribution >= 4 is 27.4 Å². The normalized spacial score (nSPS) is 14.3. The van der Waals surface area contributed by atoms with Gasteiger partial charge >= 0.3 is 0 Å². The molecule has 5 aromatic rings. The minimum Gasteiger partial charge on any atom is -0.377 e. The molecule has 6 heteroatoms. The van der Waals surface area contributed by atoms with Crippen LogP contribution in [0.5, 0.6) is 0 Å². The number of hydrogen-bond acceptors (Lipinski definition) is 4. The SMILES string of the molecule is C1=C(c2nc(-c3cccc4[nH]ncc34)cc3c2ccn3Cc2cccnc2)CCOC1. The fourth-order valence-electron chi connectivity index (χ4n) is 4.33. The molecule has 0 amide bonds. The monoisotopic (exact) mass is 407 g/mol. The van der Waals surface area contributed by atoms with Gasteiger partial charge in [0.15, 0.2) is 0 Å². The van der Waals surface area contributed by atoms with Crippen molar-refractivity contribution in [3.8, 4) is 11.3 Å². The summed E-state index contributed by atoms with van der Waals surface area (Å²) in [6, 6.07) is 14.6. The predicted molar refractivity (Wildman–Crippen MR) is 122 cm³/mol. The van der Waals surface area contributed by atoms with Gasteiger partial charge in [-0.1, -0.05) is 24.3 Å². The first-order valence-electron chi connectivity index (χ1n) is 10.5. The lowest BCUT2D eigenvalue weighted by atomic mass is 10.0. The second-order valence-corrected chi connectivity index (χ2v) is 7.78. The van der Waals surface area contributed by atoms with E-state index in [0.717, 1.165) is 52.9 Å². The van der Waals surface area contributed by atoms with Crippen LogP contribution < -0.4 is 0 Å². The fraction of sp³-hybridized carbons (Fsp3) is 0.160. The predicted octanol–water partition coefficient (Wildman–Crippen LogP) is 4.83. The van der Waals surface area contributed by atoms with Gasteiger partial charge in [-0.2, -0.15) is 5.10 Å². The number of nitrogens with zero attached hydrogens (tertiary/aromatic N) is 4.